The lowest BCUT2D eigenvalue weighted by atomic mass is 10.1. The van der Waals surface area contributed by atoms with Crippen molar-refractivity contribution in [1.82, 2.24) is 4.57 Å². The van der Waals surface area contributed by atoms with E-state index in [9.17, 15) is 4.79 Å². The van der Waals surface area contributed by atoms with Crippen LogP contribution in [-0.2, 0) is 17.7 Å². The van der Waals surface area contributed by atoms with E-state index in [0.717, 1.165) is 18.5 Å². The van der Waals surface area contributed by atoms with E-state index in [-0.39, 0.29) is 18.4 Å². The lowest BCUT2D eigenvalue weighted by Gasteiger charge is -2.19. The summed E-state index contributed by atoms with van der Waals surface area (Å²) in [6.07, 6.45) is 0.838. The summed E-state index contributed by atoms with van der Waals surface area (Å²) in [6, 6.07) is 18.2. The summed E-state index contributed by atoms with van der Waals surface area (Å²) >= 11 is 0. The zero-order valence-corrected chi connectivity index (χ0v) is 16.9. The lowest BCUT2D eigenvalue weighted by molar-refractivity contribution is 0.00695. The van der Waals surface area contributed by atoms with E-state index in [0.29, 0.717) is 12.1 Å². The van der Waals surface area contributed by atoms with Crippen LogP contribution in [0.25, 0.3) is 10.9 Å². The summed E-state index contributed by atoms with van der Waals surface area (Å²) in [5, 5.41) is 1.22. The summed E-state index contributed by atoms with van der Waals surface area (Å²) < 4.78 is 7.72. The summed E-state index contributed by atoms with van der Waals surface area (Å²) in [5.74, 6) is -0.292. The quantitative estimate of drug-likeness (QED) is 0.653. The van der Waals surface area contributed by atoms with Gasteiger partial charge in [-0.15, -0.1) is 12.4 Å². The molecule has 4 nitrogen and oxygen atoms in total. The first-order chi connectivity index (χ1) is 12.4. The number of carbonyl (C=O) groups excluding carboxylic acids is 1. The van der Waals surface area contributed by atoms with E-state index < -0.39 is 5.60 Å². The first kappa shape index (κ1) is 21.0. The Balaban J connectivity index is 0.00000261. The molecule has 0 saturated carbocycles. The van der Waals surface area contributed by atoms with Gasteiger partial charge in [0.2, 0.25) is 0 Å². The van der Waals surface area contributed by atoms with E-state index in [1.165, 1.54) is 16.6 Å². The third kappa shape index (κ3) is 5.12. The minimum absolute atomic E-state index is 0. The summed E-state index contributed by atoms with van der Waals surface area (Å²) in [5.41, 5.74) is 9.43. The van der Waals surface area contributed by atoms with Crippen molar-refractivity contribution in [2.45, 2.75) is 39.3 Å². The number of aromatic nitrogens is 1. The number of ether oxygens (including phenoxy) is 1. The molecule has 0 fully saturated rings. The number of para-hydroxylation sites is 1. The summed E-state index contributed by atoms with van der Waals surface area (Å²) in [6.45, 7) is 6.98. The number of halogens is 1. The van der Waals surface area contributed by atoms with Gasteiger partial charge < -0.3 is 15.0 Å². The standard InChI is InChI=1S/C22H26N2O2.ClH/c1-22(2,3)26-21(25)17-10-8-16(9-11-17)15-24-19(12-13-23)14-18-6-4-5-7-20(18)24;/h4-11,14H,12-13,15,23H2,1-3H3;1H. The van der Waals surface area contributed by atoms with Crippen LogP contribution in [0.15, 0.2) is 54.6 Å². The number of nitrogens with two attached hydrogens (primary N) is 1. The van der Waals surface area contributed by atoms with Crippen molar-refractivity contribution >= 4 is 29.3 Å². The monoisotopic (exact) mass is 386 g/mol. The number of hydrogen-bond donors (Lipinski definition) is 1. The SMILES string of the molecule is CC(C)(C)OC(=O)c1ccc(Cn2c(CCN)cc3ccccc32)cc1.Cl. The predicted molar refractivity (Wildman–Crippen MR) is 113 cm³/mol. The van der Waals surface area contributed by atoms with Crippen molar-refractivity contribution in [1.29, 1.82) is 0 Å². The molecule has 1 heterocycles. The van der Waals surface area contributed by atoms with Gasteiger partial charge in [-0.1, -0.05) is 30.3 Å². The molecular weight excluding hydrogens is 360 g/mol. The zero-order valence-electron chi connectivity index (χ0n) is 16.1. The summed E-state index contributed by atoms with van der Waals surface area (Å²) in [7, 11) is 0. The maximum Gasteiger partial charge on any atom is 0.338 e. The first-order valence-corrected chi connectivity index (χ1v) is 8.97. The van der Waals surface area contributed by atoms with Crippen molar-refractivity contribution < 1.29 is 9.53 Å². The predicted octanol–water partition coefficient (Wildman–Crippen LogP) is 4.57. The molecule has 2 aromatic carbocycles. The average Bonchev–Trinajstić information content (AvgIpc) is 2.92. The van der Waals surface area contributed by atoms with Crippen molar-refractivity contribution in [3.63, 3.8) is 0 Å². The number of carbonyl (C=O) groups is 1. The molecule has 3 aromatic rings. The van der Waals surface area contributed by atoms with E-state index >= 15 is 0 Å². The van der Waals surface area contributed by atoms with Crippen LogP contribution in [-0.4, -0.2) is 22.7 Å². The molecule has 0 unspecified atom stereocenters. The topological polar surface area (TPSA) is 57.2 Å². The maximum atomic E-state index is 12.2. The Morgan fingerprint density at radius 3 is 2.37 bits per heavy atom. The molecule has 3 rings (SSSR count). The molecule has 0 radical (unpaired) electrons. The Morgan fingerprint density at radius 1 is 1.07 bits per heavy atom. The zero-order chi connectivity index (χ0) is 18.7. The van der Waals surface area contributed by atoms with Gasteiger partial charge in [-0.2, -0.15) is 0 Å². The van der Waals surface area contributed by atoms with Crippen molar-refractivity contribution in [3.05, 3.63) is 71.4 Å². The largest absolute Gasteiger partial charge is 0.456 e. The van der Waals surface area contributed by atoms with E-state index in [1.54, 1.807) is 0 Å². The highest BCUT2D eigenvalue weighted by Gasteiger charge is 2.17. The van der Waals surface area contributed by atoms with Gasteiger partial charge in [-0.25, -0.2) is 4.79 Å². The third-order valence-corrected chi connectivity index (χ3v) is 4.23. The molecule has 0 spiro atoms. The van der Waals surface area contributed by atoms with Gasteiger partial charge in [0.05, 0.1) is 5.56 Å². The number of nitrogens with zero attached hydrogens (tertiary/aromatic N) is 1. The fraction of sp³-hybridized carbons (Fsp3) is 0.318. The van der Waals surface area contributed by atoms with Gasteiger partial charge in [-0.3, -0.25) is 0 Å². The second-order valence-corrected chi connectivity index (χ2v) is 7.52. The van der Waals surface area contributed by atoms with Crippen LogP contribution in [0.2, 0.25) is 0 Å². The van der Waals surface area contributed by atoms with Crippen LogP contribution in [0.4, 0.5) is 0 Å². The van der Waals surface area contributed by atoms with Gasteiger partial charge >= 0.3 is 5.97 Å². The molecule has 0 aliphatic heterocycles. The minimum Gasteiger partial charge on any atom is -0.456 e. The van der Waals surface area contributed by atoms with Gasteiger partial charge in [0.1, 0.15) is 5.60 Å². The molecule has 0 atom stereocenters. The number of rotatable bonds is 5. The molecule has 0 amide bonds. The lowest BCUT2D eigenvalue weighted by Crippen LogP contribution is -2.23. The second-order valence-electron chi connectivity index (χ2n) is 7.52. The van der Waals surface area contributed by atoms with Crippen molar-refractivity contribution in [3.8, 4) is 0 Å². The van der Waals surface area contributed by atoms with Gasteiger partial charge in [-0.05, 0) is 69.0 Å². The highest BCUT2D eigenvalue weighted by atomic mass is 35.5. The third-order valence-electron chi connectivity index (χ3n) is 4.23. The smallest absolute Gasteiger partial charge is 0.338 e. The van der Waals surface area contributed by atoms with Crippen LogP contribution in [0.3, 0.4) is 0 Å². The average molecular weight is 387 g/mol. The molecule has 2 N–H and O–H groups in total. The second kappa shape index (κ2) is 8.59. The van der Waals surface area contributed by atoms with E-state index in [2.05, 4.69) is 34.9 Å². The maximum absolute atomic E-state index is 12.2. The van der Waals surface area contributed by atoms with Gasteiger partial charge in [0, 0.05) is 17.8 Å². The molecule has 0 bridgehead atoms. The number of esters is 1. The highest BCUT2D eigenvalue weighted by Crippen LogP contribution is 2.22. The summed E-state index contributed by atoms with van der Waals surface area (Å²) in [4.78, 5) is 12.2. The fourth-order valence-electron chi connectivity index (χ4n) is 3.08. The normalized spacial score (nSPS) is 11.3. The van der Waals surface area contributed by atoms with Crippen LogP contribution < -0.4 is 5.73 Å². The van der Waals surface area contributed by atoms with Crippen LogP contribution >= 0.6 is 12.4 Å². The van der Waals surface area contributed by atoms with Crippen LogP contribution in [0, 0.1) is 0 Å². The molecule has 144 valence electrons. The van der Waals surface area contributed by atoms with E-state index in [1.807, 2.05) is 45.0 Å². The van der Waals surface area contributed by atoms with Crippen molar-refractivity contribution in [2.75, 3.05) is 6.54 Å². The molecular formula is C22H27ClN2O2. The highest BCUT2D eigenvalue weighted by molar-refractivity contribution is 5.89. The fourth-order valence-corrected chi connectivity index (χ4v) is 3.08. The van der Waals surface area contributed by atoms with Crippen LogP contribution in [0.1, 0.15) is 42.4 Å². The van der Waals surface area contributed by atoms with E-state index in [4.69, 9.17) is 10.5 Å². The van der Waals surface area contributed by atoms with Gasteiger partial charge in [0.15, 0.2) is 0 Å². The Labute approximate surface area is 166 Å². The Bertz CT molecular complexity index is 908. The van der Waals surface area contributed by atoms with Gasteiger partial charge in [0.25, 0.3) is 0 Å². The molecule has 0 aliphatic carbocycles. The Morgan fingerprint density at radius 2 is 1.74 bits per heavy atom. The first-order valence-electron chi connectivity index (χ1n) is 8.97. The Kier molecular flexibility index (Phi) is 6.68. The number of benzene rings is 2. The molecule has 27 heavy (non-hydrogen) atoms. The minimum atomic E-state index is -0.489. The van der Waals surface area contributed by atoms with Crippen LogP contribution in [0.5, 0.6) is 0 Å². The molecule has 0 aliphatic rings. The van der Waals surface area contributed by atoms with Crippen molar-refractivity contribution in [2.24, 2.45) is 5.73 Å². The molecule has 0 saturated heterocycles. The Hall–Kier alpha value is -2.30. The number of fused-ring (bicyclic) bond motifs is 1. The molecule has 5 heteroatoms. The number of hydrogen-bond acceptors (Lipinski definition) is 3. The molecule has 1 aromatic heterocycles.